The van der Waals surface area contributed by atoms with Crippen molar-refractivity contribution in [2.75, 3.05) is 0 Å². The van der Waals surface area contributed by atoms with Crippen LogP contribution >= 0.6 is 0 Å². The molecule has 2 heteroatoms. The first-order chi connectivity index (χ1) is 28.8. The fourth-order valence-corrected chi connectivity index (χ4v) is 10.8. The van der Waals surface area contributed by atoms with E-state index in [9.17, 15) is 0 Å². The predicted molar refractivity (Wildman–Crippen MR) is 244 cm³/mol. The molecule has 0 N–H and O–H groups in total. The summed E-state index contributed by atoms with van der Waals surface area (Å²) in [7, 11) is 0. The molecule has 0 saturated carbocycles. The van der Waals surface area contributed by atoms with E-state index in [-0.39, 0.29) is 0 Å². The zero-order valence-electron chi connectivity index (χ0n) is 31.2. The normalized spacial score (nSPS) is 12.5. The van der Waals surface area contributed by atoms with Crippen molar-refractivity contribution in [1.82, 2.24) is 9.97 Å². The molecule has 0 amide bonds. The second-order valence-corrected chi connectivity index (χ2v) is 16.0. The Morgan fingerprint density at radius 1 is 0.224 bits per heavy atom. The van der Waals surface area contributed by atoms with Crippen molar-refractivity contribution >= 4 is 75.4 Å². The molecule has 0 aliphatic heterocycles. The molecule has 0 unspecified atom stereocenters. The van der Waals surface area contributed by atoms with E-state index in [4.69, 9.17) is 9.97 Å². The quantitative estimate of drug-likeness (QED) is 0.166. The summed E-state index contributed by atoms with van der Waals surface area (Å²) in [6, 6.07) is 59.0. The van der Waals surface area contributed by atoms with Gasteiger partial charge in [0.2, 0.25) is 0 Å². The van der Waals surface area contributed by atoms with Crippen LogP contribution in [0.15, 0.2) is 183 Å². The lowest BCUT2D eigenvalue weighted by molar-refractivity contribution is 1.36. The van der Waals surface area contributed by atoms with Crippen LogP contribution in [0.1, 0.15) is 0 Å². The summed E-state index contributed by atoms with van der Waals surface area (Å²) in [5.41, 5.74) is 15.1. The Morgan fingerprint density at radius 2 is 0.690 bits per heavy atom. The first kappa shape index (κ1) is 30.5. The summed E-state index contributed by atoms with van der Waals surface area (Å²) >= 11 is 0. The third-order valence-corrected chi connectivity index (χ3v) is 13.2. The molecule has 10 aromatic carbocycles. The third kappa shape index (κ3) is 3.86. The molecule has 2 aliphatic rings. The Morgan fingerprint density at radius 3 is 1.38 bits per heavy atom. The molecule has 0 saturated heterocycles. The van der Waals surface area contributed by atoms with Crippen LogP contribution in [-0.2, 0) is 0 Å². The molecule has 2 aromatic heterocycles. The highest BCUT2D eigenvalue weighted by atomic mass is 14.6. The monoisotopic (exact) mass is 730 g/mol. The first-order valence-corrected chi connectivity index (χ1v) is 20.0. The Labute approximate surface area is 333 Å². The van der Waals surface area contributed by atoms with Gasteiger partial charge in [-0.15, -0.1) is 0 Å². The van der Waals surface area contributed by atoms with Crippen molar-refractivity contribution in [1.29, 1.82) is 0 Å². The van der Waals surface area contributed by atoms with Crippen LogP contribution in [0.25, 0.3) is 142 Å². The Bertz CT molecular complexity index is 3830. The average molecular weight is 731 g/mol. The van der Waals surface area contributed by atoms with E-state index in [1.54, 1.807) is 0 Å². The van der Waals surface area contributed by atoms with Gasteiger partial charge >= 0.3 is 0 Å². The summed E-state index contributed by atoms with van der Waals surface area (Å²) in [4.78, 5) is 9.71. The number of benzene rings is 10. The maximum absolute atomic E-state index is 4.87. The van der Waals surface area contributed by atoms with Gasteiger partial charge in [0, 0.05) is 52.3 Å². The van der Waals surface area contributed by atoms with Crippen LogP contribution in [0, 0.1) is 0 Å². The van der Waals surface area contributed by atoms with Crippen LogP contribution in [-0.4, -0.2) is 9.97 Å². The molecule has 0 atom stereocenters. The van der Waals surface area contributed by atoms with Crippen molar-refractivity contribution in [2.45, 2.75) is 0 Å². The van der Waals surface area contributed by atoms with E-state index in [2.05, 4.69) is 170 Å². The number of hydrogen-bond donors (Lipinski definition) is 0. The largest absolute Gasteiger partial charge is 0.263 e. The van der Waals surface area contributed by atoms with Crippen LogP contribution in [0.3, 0.4) is 0 Å². The highest BCUT2D eigenvalue weighted by Crippen LogP contribution is 2.56. The maximum atomic E-state index is 4.87. The Kier molecular flexibility index (Phi) is 5.79. The third-order valence-electron chi connectivity index (χ3n) is 13.2. The van der Waals surface area contributed by atoms with Gasteiger partial charge in [-0.25, -0.2) is 0 Å². The highest BCUT2D eigenvalue weighted by molar-refractivity contribution is 6.31. The van der Waals surface area contributed by atoms with E-state index in [1.807, 2.05) is 12.4 Å². The second-order valence-electron chi connectivity index (χ2n) is 16.0. The van der Waals surface area contributed by atoms with Crippen LogP contribution in [0.5, 0.6) is 0 Å². The number of fused-ring (bicyclic) bond motifs is 13. The molecule has 14 rings (SSSR count). The zero-order valence-corrected chi connectivity index (χ0v) is 31.2. The molecule has 12 aromatic rings. The molecule has 2 aliphatic carbocycles. The van der Waals surface area contributed by atoms with Crippen LogP contribution in [0.4, 0.5) is 0 Å². The van der Waals surface area contributed by atoms with Gasteiger partial charge in [0.1, 0.15) is 0 Å². The number of pyridine rings is 2. The minimum absolute atomic E-state index is 1.14. The summed E-state index contributed by atoms with van der Waals surface area (Å²) in [5.74, 6) is 0. The molecule has 0 fully saturated rings. The van der Waals surface area contributed by atoms with E-state index in [0.717, 1.165) is 21.9 Å². The predicted octanol–water partition coefficient (Wildman–Crippen LogP) is 15.2. The molecular weight excluding hydrogens is 701 g/mol. The lowest BCUT2D eigenvalue weighted by Crippen LogP contribution is -1.93. The highest BCUT2D eigenvalue weighted by Gasteiger charge is 2.29. The molecule has 2 heterocycles. The lowest BCUT2D eigenvalue weighted by Gasteiger charge is -2.20. The number of nitrogens with zero attached hydrogens (tertiary/aromatic N) is 2. The van der Waals surface area contributed by atoms with E-state index in [0.29, 0.717) is 0 Å². The molecule has 0 bridgehead atoms. The summed E-state index contributed by atoms with van der Waals surface area (Å²) in [6.45, 7) is 0. The van der Waals surface area contributed by atoms with E-state index >= 15 is 0 Å². The van der Waals surface area contributed by atoms with Gasteiger partial charge in [-0.1, -0.05) is 133 Å². The van der Waals surface area contributed by atoms with Gasteiger partial charge in [0.05, 0.1) is 0 Å². The topological polar surface area (TPSA) is 25.8 Å². The minimum Gasteiger partial charge on any atom is -0.263 e. The van der Waals surface area contributed by atoms with Gasteiger partial charge in [0.15, 0.2) is 0 Å². The van der Waals surface area contributed by atoms with Gasteiger partial charge in [-0.05, 0) is 139 Å². The Balaban J connectivity index is 1.19. The molecule has 58 heavy (non-hydrogen) atoms. The Hall–Kier alpha value is -7.68. The molecular formula is C56H30N2. The van der Waals surface area contributed by atoms with Gasteiger partial charge in [-0.2, -0.15) is 0 Å². The summed E-state index contributed by atoms with van der Waals surface area (Å²) in [6.07, 6.45) is 8.13. The SMILES string of the molecule is c1ccc2c(-c3cc4c5cc6c(c(-c7cncc8ccccc78)c5ccc4c4cc5c(cc34)-c3cccc4cccc-5c34)-c3cccc4cccc-6c34)cncc2c1. The fraction of sp³-hybridized carbons (Fsp3) is 0. The maximum Gasteiger partial charge on any atom is 0.0353 e. The van der Waals surface area contributed by atoms with Crippen LogP contribution < -0.4 is 0 Å². The molecule has 0 spiro atoms. The van der Waals surface area contributed by atoms with Crippen LogP contribution in [0.2, 0.25) is 0 Å². The first-order valence-electron chi connectivity index (χ1n) is 20.0. The van der Waals surface area contributed by atoms with Crippen molar-refractivity contribution in [3.63, 3.8) is 0 Å². The van der Waals surface area contributed by atoms with Crippen molar-refractivity contribution in [3.8, 4) is 66.8 Å². The lowest BCUT2D eigenvalue weighted by atomic mass is 9.83. The van der Waals surface area contributed by atoms with Crippen molar-refractivity contribution in [3.05, 3.63) is 183 Å². The number of aromatic nitrogens is 2. The van der Waals surface area contributed by atoms with Gasteiger partial charge < -0.3 is 0 Å². The zero-order chi connectivity index (χ0) is 37.6. The minimum atomic E-state index is 1.14. The summed E-state index contributed by atoms with van der Waals surface area (Å²) in [5, 5.41) is 17.4. The number of rotatable bonds is 2. The second kappa shape index (κ2) is 11.0. The van der Waals surface area contributed by atoms with Gasteiger partial charge in [-0.3, -0.25) is 9.97 Å². The number of hydrogen-bond acceptors (Lipinski definition) is 2. The smallest absolute Gasteiger partial charge is 0.0353 e. The molecule has 264 valence electrons. The van der Waals surface area contributed by atoms with Crippen molar-refractivity contribution in [2.24, 2.45) is 0 Å². The van der Waals surface area contributed by atoms with Gasteiger partial charge in [0.25, 0.3) is 0 Å². The fourth-order valence-electron chi connectivity index (χ4n) is 10.8. The van der Waals surface area contributed by atoms with E-state index in [1.165, 1.54) is 120 Å². The average Bonchev–Trinajstić information content (AvgIpc) is 3.78. The molecule has 2 nitrogen and oxygen atoms in total. The standard InChI is InChI=1S/C56H30N2/c1-3-15-35-33(9-1)27-57-29-51(35)49-24-43-37(44-23-45-38-17-5-11-31-12-6-18-39(53(31)38)46(45)25-48(44)49)21-22-41-47(43)26-50-40-19-7-13-32-14-8-20-42(54(32)40)56(50)55(41)52-30-58-28-34-10-2-4-16-36(34)52/h1-30H. The summed E-state index contributed by atoms with van der Waals surface area (Å²) < 4.78 is 0. The molecule has 0 radical (unpaired) electrons. The van der Waals surface area contributed by atoms with Crippen molar-refractivity contribution < 1.29 is 0 Å². The van der Waals surface area contributed by atoms with E-state index < -0.39 is 0 Å².